The van der Waals surface area contributed by atoms with E-state index < -0.39 is 0 Å². The first-order valence-electron chi connectivity index (χ1n) is 6.35. The van der Waals surface area contributed by atoms with Crippen LogP contribution < -0.4 is 0 Å². The third-order valence-corrected chi connectivity index (χ3v) is 4.76. The van der Waals surface area contributed by atoms with Crippen LogP contribution in [-0.4, -0.2) is 24.5 Å². The Hall–Kier alpha value is -1.33. The zero-order valence-electron chi connectivity index (χ0n) is 10.4. The summed E-state index contributed by atoms with van der Waals surface area (Å²) in [6, 6.07) is 13.6. The van der Waals surface area contributed by atoms with Crippen molar-refractivity contribution in [2.24, 2.45) is 11.3 Å². The summed E-state index contributed by atoms with van der Waals surface area (Å²) in [4.78, 5) is 2.41. The molecule has 2 fully saturated rings. The van der Waals surface area contributed by atoms with Gasteiger partial charge in [0, 0.05) is 18.5 Å². The van der Waals surface area contributed by atoms with Crippen molar-refractivity contribution in [3.63, 3.8) is 0 Å². The summed E-state index contributed by atoms with van der Waals surface area (Å²) < 4.78 is 0. The Labute approximate surface area is 103 Å². The fourth-order valence-electron chi connectivity index (χ4n) is 3.60. The Balaban J connectivity index is 2.03. The van der Waals surface area contributed by atoms with Gasteiger partial charge in [0.25, 0.3) is 0 Å². The molecular weight excluding hydrogens is 208 g/mol. The smallest absolute Gasteiger partial charge is 0.0701 e. The number of fused-ring (bicyclic) bond motifs is 1. The summed E-state index contributed by atoms with van der Waals surface area (Å²) in [5.41, 5.74) is 1.25. The average Bonchev–Trinajstić information content (AvgIpc) is 3.05. The van der Waals surface area contributed by atoms with E-state index >= 15 is 0 Å². The van der Waals surface area contributed by atoms with E-state index in [1.807, 2.05) is 6.07 Å². The summed E-state index contributed by atoms with van der Waals surface area (Å²) in [6.45, 7) is 3.34. The van der Waals surface area contributed by atoms with Crippen molar-refractivity contribution in [3.8, 4) is 6.07 Å². The average molecular weight is 226 g/mol. The molecule has 0 amide bonds. The molecule has 0 aromatic heterocycles. The van der Waals surface area contributed by atoms with Crippen molar-refractivity contribution in [3.05, 3.63) is 35.9 Å². The van der Waals surface area contributed by atoms with Crippen LogP contribution in [-0.2, 0) is 0 Å². The van der Waals surface area contributed by atoms with Crippen molar-refractivity contribution >= 4 is 0 Å². The molecule has 2 heteroatoms. The van der Waals surface area contributed by atoms with Crippen LogP contribution in [0.15, 0.2) is 30.3 Å². The van der Waals surface area contributed by atoms with Crippen molar-refractivity contribution in [1.82, 2.24) is 4.90 Å². The fourth-order valence-corrected chi connectivity index (χ4v) is 3.60. The number of benzene rings is 1. The topological polar surface area (TPSA) is 27.0 Å². The van der Waals surface area contributed by atoms with E-state index in [1.54, 1.807) is 0 Å². The van der Waals surface area contributed by atoms with Gasteiger partial charge >= 0.3 is 0 Å². The molecule has 17 heavy (non-hydrogen) atoms. The number of hydrogen-bond donors (Lipinski definition) is 0. The van der Waals surface area contributed by atoms with E-state index in [2.05, 4.69) is 49.2 Å². The molecule has 1 heterocycles. The number of hydrogen-bond acceptors (Lipinski definition) is 2. The minimum atomic E-state index is -0.0761. The molecule has 1 saturated carbocycles. The Bertz CT molecular complexity index is 462. The van der Waals surface area contributed by atoms with E-state index in [1.165, 1.54) is 5.56 Å². The van der Waals surface area contributed by atoms with Crippen LogP contribution in [0.2, 0.25) is 0 Å². The van der Waals surface area contributed by atoms with E-state index in [9.17, 15) is 5.26 Å². The standard InChI is InChI=1S/C15H18N2/c1-11-14(12-6-4-3-5-7-12)15(10-16)8-13(15)9-17(11)2/h3-7,11,13-14H,8-9H2,1-2H3/t11-,13?,14+,15?/m0/s1. The highest BCUT2D eigenvalue weighted by Crippen LogP contribution is 2.64. The van der Waals surface area contributed by atoms with E-state index in [4.69, 9.17) is 0 Å². The van der Waals surface area contributed by atoms with E-state index in [0.717, 1.165) is 13.0 Å². The second-order valence-corrected chi connectivity index (χ2v) is 5.62. The molecule has 4 atom stereocenters. The first-order chi connectivity index (χ1) is 8.19. The summed E-state index contributed by atoms with van der Waals surface area (Å²) in [5, 5.41) is 9.56. The summed E-state index contributed by atoms with van der Waals surface area (Å²) >= 11 is 0. The number of likely N-dealkylation sites (tertiary alicyclic amines) is 1. The molecule has 1 aromatic carbocycles. The third-order valence-electron chi connectivity index (χ3n) is 4.76. The molecule has 0 spiro atoms. The molecule has 0 N–H and O–H groups in total. The molecule has 2 nitrogen and oxygen atoms in total. The van der Waals surface area contributed by atoms with Crippen molar-refractivity contribution in [1.29, 1.82) is 5.26 Å². The highest BCUT2D eigenvalue weighted by molar-refractivity contribution is 5.35. The Kier molecular flexibility index (Phi) is 2.27. The van der Waals surface area contributed by atoms with Crippen LogP contribution in [0.1, 0.15) is 24.8 Å². The quantitative estimate of drug-likeness (QED) is 0.736. The molecule has 1 aliphatic heterocycles. The lowest BCUT2D eigenvalue weighted by Crippen LogP contribution is -2.44. The lowest BCUT2D eigenvalue weighted by molar-refractivity contribution is 0.141. The van der Waals surface area contributed by atoms with Gasteiger partial charge < -0.3 is 4.90 Å². The monoisotopic (exact) mass is 226 g/mol. The maximum Gasteiger partial charge on any atom is 0.0701 e. The van der Waals surface area contributed by atoms with Gasteiger partial charge in [-0.25, -0.2) is 0 Å². The molecule has 1 saturated heterocycles. The highest BCUT2D eigenvalue weighted by Gasteiger charge is 2.64. The van der Waals surface area contributed by atoms with E-state index in [-0.39, 0.29) is 5.41 Å². The predicted octanol–water partition coefficient (Wildman–Crippen LogP) is 2.63. The molecule has 3 rings (SSSR count). The highest BCUT2D eigenvalue weighted by atomic mass is 15.2. The summed E-state index contributed by atoms with van der Waals surface area (Å²) in [7, 11) is 2.18. The van der Waals surface area contributed by atoms with Gasteiger partial charge in [0.05, 0.1) is 11.5 Å². The van der Waals surface area contributed by atoms with Gasteiger partial charge in [-0.3, -0.25) is 0 Å². The normalized spacial score (nSPS) is 40.4. The number of rotatable bonds is 1. The third kappa shape index (κ3) is 1.42. The second-order valence-electron chi connectivity index (χ2n) is 5.62. The van der Waals surface area contributed by atoms with Gasteiger partial charge in [-0.15, -0.1) is 0 Å². The van der Waals surface area contributed by atoms with Crippen molar-refractivity contribution < 1.29 is 0 Å². The van der Waals surface area contributed by atoms with Gasteiger partial charge in [0.2, 0.25) is 0 Å². The van der Waals surface area contributed by atoms with Gasteiger partial charge in [-0.1, -0.05) is 30.3 Å². The number of nitriles is 1. The Morgan fingerprint density at radius 1 is 1.35 bits per heavy atom. The maximum atomic E-state index is 9.56. The molecule has 2 aliphatic rings. The maximum absolute atomic E-state index is 9.56. The molecular formula is C15H18N2. The number of piperidine rings is 1. The lowest BCUT2D eigenvalue weighted by Gasteiger charge is -2.40. The zero-order valence-corrected chi connectivity index (χ0v) is 10.4. The van der Waals surface area contributed by atoms with Crippen LogP contribution in [0.3, 0.4) is 0 Å². The molecule has 88 valence electrons. The van der Waals surface area contributed by atoms with Crippen LogP contribution >= 0.6 is 0 Å². The van der Waals surface area contributed by atoms with E-state index in [0.29, 0.717) is 17.9 Å². The molecule has 1 aliphatic carbocycles. The Morgan fingerprint density at radius 2 is 2.06 bits per heavy atom. The van der Waals surface area contributed by atoms with Crippen LogP contribution in [0.5, 0.6) is 0 Å². The molecule has 2 unspecified atom stereocenters. The number of likely N-dealkylation sites (N-methyl/N-ethyl adjacent to an activating group) is 1. The minimum Gasteiger partial charge on any atom is -0.303 e. The predicted molar refractivity (Wildman–Crippen MR) is 67.4 cm³/mol. The molecule has 1 aromatic rings. The van der Waals surface area contributed by atoms with Crippen LogP contribution in [0, 0.1) is 22.7 Å². The fraction of sp³-hybridized carbons (Fsp3) is 0.533. The largest absolute Gasteiger partial charge is 0.303 e. The number of nitrogens with zero attached hydrogens (tertiary/aromatic N) is 2. The summed E-state index contributed by atoms with van der Waals surface area (Å²) in [5.74, 6) is 0.955. The van der Waals surface area contributed by atoms with Crippen LogP contribution in [0.4, 0.5) is 0 Å². The summed E-state index contributed by atoms with van der Waals surface area (Å²) in [6.07, 6.45) is 1.08. The SMILES string of the molecule is C[C@H]1[C@H](c2ccccc2)C2(C#N)CC2CN1C. The van der Waals surface area contributed by atoms with Crippen molar-refractivity contribution in [2.45, 2.75) is 25.3 Å². The van der Waals surface area contributed by atoms with Gasteiger partial charge in [0.15, 0.2) is 0 Å². The Morgan fingerprint density at radius 3 is 2.71 bits per heavy atom. The minimum absolute atomic E-state index is 0.0761. The van der Waals surface area contributed by atoms with Gasteiger partial charge in [-0.2, -0.15) is 5.26 Å². The lowest BCUT2D eigenvalue weighted by atomic mass is 9.75. The molecule has 0 bridgehead atoms. The first-order valence-corrected chi connectivity index (χ1v) is 6.35. The second kappa shape index (κ2) is 3.58. The zero-order chi connectivity index (χ0) is 12.0. The first kappa shape index (κ1) is 10.8. The van der Waals surface area contributed by atoms with Gasteiger partial charge in [-0.05, 0) is 31.9 Å². The molecule has 0 radical (unpaired) electrons. The van der Waals surface area contributed by atoms with Gasteiger partial charge in [0.1, 0.15) is 0 Å². The van der Waals surface area contributed by atoms with Crippen molar-refractivity contribution in [2.75, 3.05) is 13.6 Å². The van der Waals surface area contributed by atoms with Crippen LogP contribution in [0.25, 0.3) is 0 Å².